The minimum atomic E-state index is -0.542. The summed E-state index contributed by atoms with van der Waals surface area (Å²) in [6, 6.07) is -0.312. The molecule has 128 valence electrons. The van der Waals surface area contributed by atoms with E-state index in [1.165, 1.54) is 0 Å². The maximum absolute atomic E-state index is 12.4. The first-order valence-corrected chi connectivity index (χ1v) is 8.05. The van der Waals surface area contributed by atoms with E-state index >= 15 is 0 Å². The van der Waals surface area contributed by atoms with Crippen LogP contribution in [0.2, 0.25) is 0 Å². The van der Waals surface area contributed by atoms with Gasteiger partial charge in [-0.2, -0.15) is 0 Å². The molecule has 1 heterocycles. The summed E-state index contributed by atoms with van der Waals surface area (Å²) in [5, 5.41) is 3.01. The molecule has 1 fully saturated rings. The van der Waals surface area contributed by atoms with Gasteiger partial charge in [0.2, 0.25) is 5.91 Å². The van der Waals surface area contributed by atoms with E-state index < -0.39 is 17.7 Å². The van der Waals surface area contributed by atoms with Crippen molar-refractivity contribution < 1.29 is 14.3 Å². The van der Waals surface area contributed by atoms with Crippen molar-refractivity contribution in [1.82, 2.24) is 15.1 Å². The molecule has 1 aliphatic rings. The number of hydrogen-bond acceptors (Lipinski definition) is 4. The van der Waals surface area contributed by atoms with E-state index in [1.54, 1.807) is 4.90 Å². The number of ether oxygens (including phenoxy) is 1. The molecule has 1 saturated heterocycles. The lowest BCUT2D eigenvalue weighted by molar-refractivity contribution is -0.126. The average Bonchev–Trinajstić information content (AvgIpc) is 2.83. The largest absolute Gasteiger partial charge is 0.444 e. The number of carbonyl (C=O) groups is 2. The van der Waals surface area contributed by atoms with E-state index in [9.17, 15) is 9.59 Å². The molecule has 0 aromatic heterocycles. The second-order valence-electron chi connectivity index (χ2n) is 7.33. The highest BCUT2D eigenvalue weighted by atomic mass is 16.6. The van der Waals surface area contributed by atoms with Crippen LogP contribution in [0.25, 0.3) is 0 Å². The van der Waals surface area contributed by atoms with Gasteiger partial charge in [-0.05, 0) is 67.6 Å². The van der Waals surface area contributed by atoms with Crippen molar-refractivity contribution in [1.29, 1.82) is 0 Å². The summed E-state index contributed by atoms with van der Waals surface area (Å²) >= 11 is 0. The predicted molar refractivity (Wildman–Crippen MR) is 86.7 cm³/mol. The third-order valence-electron chi connectivity index (χ3n) is 3.58. The SMILES string of the molecule is CC(CCN(C)C)NC(=O)C1CCCN1C(=O)OC(C)(C)C. The molecule has 0 saturated carbocycles. The van der Waals surface area contributed by atoms with Crippen molar-refractivity contribution in [3.05, 3.63) is 0 Å². The number of nitrogens with one attached hydrogen (secondary N) is 1. The van der Waals surface area contributed by atoms with Crippen LogP contribution in [0.5, 0.6) is 0 Å². The Kier molecular flexibility index (Phi) is 6.66. The Bertz CT molecular complexity index is 391. The van der Waals surface area contributed by atoms with E-state index in [0.29, 0.717) is 13.0 Å². The molecule has 2 amide bonds. The number of likely N-dealkylation sites (tertiary alicyclic amines) is 1. The molecule has 0 aromatic carbocycles. The fourth-order valence-corrected chi connectivity index (χ4v) is 2.44. The maximum atomic E-state index is 12.4. The summed E-state index contributed by atoms with van der Waals surface area (Å²) in [5.41, 5.74) is -0.542. The van der Waals surface area contributed by atoms with Gasteiger partial charge in [0.1, 0.15) is 11.6 Å². The van der Waals surface area contributed by atoms with Crippen LogP contribution in [0, 0.1) is 0 Å². The van der Waals surface area contributed by atoms with Crippen molar-refractivity contribution in [3.8, 4) is 0 Å². The highest BCUT2D eigenvalue weighted by molar-refractivity contribution is 5.86. The number of rotatable bonds is 5. The Morgan fingerprint density at radius 1 is 1.36 bits per heavy atom. The van der Waals surface area contributed by atoms with Crippen molar-refractivity contribution in [3.63, 3.8) is 0 Å². The number of nitrogens with zero attached hydrogens (tertiary/aromatic N) is 2. The summed E-state index contributed by atoms with van der Waals surface area (Å²) in [6.07, 6.45) is 2.03. The minimum Gasteiger partial charge on any atom is -0.444 e. The van der Waals surface area contributed by atoms with Crippen LogP contribution in [0.3, 0.4) is 0 Å². The molecule has 1 N–H and O–H groups in total. The van der Waals surface area contributed by atoms with Crippen LogP contribution in [0.1, 0.15) is 47.0 Å². The Balaban J connectivity index is 2.54. The van der Waals surface area contributed by atoms with Gasteiger partial charge in [0.25, 0.3) is 0 Å². The van der Waals surface area contributed by atoms with E-state index in [-0.39, 0.29) is 11.9 Å². The summed E-state index contributed by atoms with van der Waals surface area (Å²) in [5.74, 6) is -0.0744. The Labute approximate surface area is 134 Å². The van der Waals surface area contributed by atoms with Crippen LogP contribution in [-0.4, -0.2) is 66.7 Å². The summed E-state index contributed by atoms with van der Waals surface area (Å²) in [4.78, 5) is 28.2. The molecule has 22 heavy (non-hydrogen) atoms. The first-order chi connectivity index (χ1) is 10.1. The molecule has 2 unspecified atom stereocenters. The van der Waals surface area contributed by atoms with Crippen LogP contribution in [0.15, 0.2) is 0 Å². The fraction of sp³-hybridized carbons (Fsp3) is 0.875. The minimum absolute atomic E-state index is 0.0744. The van der Waals surface area contributed by atoms with Gasteiger partial charge < -0.3 is 15.0 Å². The fourth-order valence-electron chi connectivity index (χ4n) is 2.44. The third-order valence-corrected chi connectivity index (χ3v) is 3.58. The lowest BCUT2D eigenvalue weighted by atomic mass is 10.1. The maximum Gasteiger partial charge on any atom is 0.410 e. The van der Waals surface area contributed by atoms with Crippen molar-refractivity contribution in [2.24, 2.45) is 0 Å². The first-order valence-electron chi connectivity index (χ1n) is 8.05. The number of amides is 2. The lowest BCUT2D eigenvalue weighted by Gasteiger charge is -2.28. The topological polar surface area (TPSA) is 61.9 Å². The zero-order chi connectivity index (χ0) is 16.9. The molecule has 0 bridgehead atoms. The van der Waals surface area contributed by atoms with Gasteiger partial charge >= 0.3 is 6.09 Å². The van der Waals surface area contributed by atoms with Gasteiger partial charge in [0, 0.05) is 12.6 Å². The third kappa shape index (κ3) is 6.22. The predicted octanol–water partition coefficient (Wildman–Crippen LogP) is 1.84. The second-order valence-corrected chi connectivity index (χ2v) is 7.33. The zero-order valence-electron chi connectivity index (χ0n) is 14.8. The van der Waals surface area contributed by atoms with Crippen LogP contribution < -0.4 is 5.32 Å². The standard InChI is InChI=1S/C16H31N3O3/c1-12(9-11-18(5)6)17-14(20)13-8-7-10-19(13)15(21)22-16(2,3)4/h12-13H,7-11H2,1-6H3,(H,17,20). The zero-order valence-corrected chi connectivity index (χ0v) is 14.8. The Morgan fingerprint density at radius 2 is 2.00 bits per heavy atom. The van der Waals surface area contributed by atoms with Crippen molar-refractivity contribution >= 4 is 12.0 Å². The van der Waals surface area contributed by atoms with Crippen molar-refractivity contribution in [2.75, 3.05) is 27.2 Å². The van der Waals surface area contributed by atoms with Gasteiger partial charge in [-0.1, -0.05) is 0 Å². The normalized spacial score (nSPS) is 20.1. The smallest absolute Gasteiger partial charge is 0.410 e. The molecule has 0 aromatic rings. The van der Waals surface area contributed by atoms with Crippen LogP contribution in [-0.2, 0) is 9.53 Å². The molecule has 2 atom stereocenters. The quantitative estimate of drug-likeness (QED) is 0.841. The van der Waals surface area contributed by atoms with Crippen molar-refractivity contribution in [2.45, 2.75) is 64.6 Å². The highest BCUT2D eigenvalue weighted by Crippen LogP contribution is 2.21. The molecular weight excluding hydrogens is 282 g/mol. The van der Waals surface area contributed by atoms with E-state index in [4.69, 9.17) is 4.74 Å². The monoisotopic (exact) mass is 313 g/mol. The van der Waals surface area contributed by atoms with E-state index in [0.717, 1.165) is 19.4 Å². The van der Waals surface area contributed by atoms with E-state index in [1.807, 2.05) is 41.8 Å². The first kappa shape index (κ1) is 18.7. The molecule has 0 spiro atoms. The van der Waals surface area contributed by atoms with Gasteiger partial charge in [-0.25, -0.2) is 4.79 Å². The van der Waals surface area contributed by atoms with Gasteiger partial charge in [0.15, 0.2) is 0 Å². The molecule has 6 nitrogen and oxygen atoms in total. The van der Waals surface area contributed by atoms with Crippen LogP contribution >= 0.6 is 0 Å². The lowest BCUT2D eigenvalue weighted by Crippen LogP contribution is -2.49. The highest BCUT2D eigenvalue weighted by Gasteiger charge is 2.36. The van der Waals surface area contributed by atoms with Gasteiger partial charge in [-0.15, -0.1) is 0 Å². The number of hydrogen-bond donors (Lipinski definition) is 1. The molecule has 6 heteroatoms. The summed E-state index contributed by atoms with van der Waals surface area (Å²) in [6.45, 7) is 8.99. The number of carbonyl (C=O) groups excluding carboxylic acids is 2. The van der Waals surface area contributed by atoms with Gasteiger partial charge in [0.05, 0.1) is 0 Å². The summed E-state index contributed by atoms with van der Waals surface area (Å²) < 4.78 is 5.39. The van der Waals surface area contributed by atoms with Crippen LogP contribution in [0.4, 0.5) is 4.79 Å². The second kappa shape index (κ2) is 7.81. The molecule has 0 aliphatic carbocycles. The summed E-state index contributed by atoms with van der Waals surface area (Å²) in [7, 11) is 4.02. The molecule has 1 aliphatic heterocycles. The van der Waals surface area contributed by atoms with E-state index in [2.05, 4.69) is 10.2 Å². The average molecular weight is 313 g/mol. The Hall–Kier alpha value is -1.30. The molecular formula is C16H31N3O3. The Morgan fingerprint density at radius 3 is 2.55 bits per heavy atom. The molecule has 1 rings (SSSR count). The molecule has 0 radical (unpaired) electrons. The van der Waals surface area contributed by atoms with Gasteiger partial charge in [-0.3, -0.25) is 9.69 Å².